The minimum Gasteiger partial charge on any atom is -0.300 e. The van der Waals surface area contributed by atoms with E-state index in [0.717, 1.165) is 19.3 Å². The minimum atomic E-state index is 0.462. The van der Waals surface area contributed by atoms with Crippen molar-refractivity contribution in [2.24, 2.45) is 5.92 Å². The van der Waals surface area contributed by atoms with Gasteiger partial charge < -0.3 is 0 Å². The molecule has 1 fully saturated rings. The normalized spacial score (nSPS) is 30.6. The van der Waals surface area contributed by atoms with E-state index >= 15 is 0 Å². The summed E-state index contributed by atoms with van der Waals surface area (Å²) in [5.74, 6) is 1.12. The molecule has 1 aliphatic carbocycles. The molecule has 1 rings (SSSR count). The first kappa shape index (κ1) is 5.80. The van der Waals surface area contributed by atoms with Crippen LogP contribution in [0, 0.1) is 5.92 Å². The van der Waals surface area contributed by atoms with Crippen molar-refractivity contribution in [2.75, 3.05) is 0 Å². The third-order valence-corrected chi connectivity index (χ3v) is 1.73. The van der Waals surface area contributed by atoms with Crippen LogP contribution < -0.4 is 0 Å². The van der Waals surface area contributed by atoms with Gasteiger partial charge in [-0.1, -0.05) is 6.92 Å². The minimum absolute atomic E-state index is 0.462. The third-order valence-electron chi connectivity index (χ3n) is 1.73. The molecule has 1 heteroatoms. The van der Waals surface area contributed by atoms with E-state index in [1.165, 1.54) is 6.42 Å². The van der Waals surface area contributed by atoms with Crippen molar-refractivity contribution in [3.05, 3.63) is 0 Å². The molecule has 0 heterocycles. The summed E-state index contributed by atoms with van der Waals surface area (Å²) in [5, 5.41) is 0. The fourth-order valence-corrected chi connectivity index (χ4v) is 1.24. The van der Waals surface area contributed by atoms with E-state index in [9.17, 15) is 4.79 Å². The highest BCUT2D eigenvalue weighted by Crippen LogP contribution is 2.19. The maximum atomic E-state index is 10.7. The van der Waals surface area contributed by atoms with Crippen LogP contribution in [0.3, 0.4) is 0 Å². The lowest BCUT2D eigenvalue weighted by molar-refractivity contribution is -0.121. The van der Waals surface area contributed by atoms with Gasteiger partial charge in [-0.05, 0) is 18.8 Å². The molecule has 46 valence electrons. The van der Waals surface area contributed by atoms with Gasteiger partial charge in [-0.25, -0.2) is 0 Å². The number of Topliss-reactive ketones (excluding diaryl/α,β-unsaturated/α-hetero) is 1. The molecule has 0 radical (unpaired) electrons. The second-order valence-corrected chi connectivity index (χ2v) is 2.74. The van der Waals surface area contributed by atoms with Crippen LogP contribution in [-0.4, -0.2) is 5.78 Å². The molecule has 0 aromatic carbocycles. The van der Waals surface area contributed by atoms with Gasteiger partial charge in [-0.15, -0.1) is 0 Å². The fraction of sp³-hybridized carbons (Fsp3) is 0.857. The highest BCUT2D eigenvalue weighted by Gasteiger charge is 2.14. The van der Waals surface area contributed by atoms with Crippen molar-refractivity contribution in [1.29, 1.82) is 0 Å². The molecule has 1 atom stereocenters. The molecule has 0 aromatic rings. The van der Waals surface area contributed by atoms with Gasteiger partial charge in [0.2, 0.25) is 0 Å². The maximum absolute atomic E-state index is 10.7. The average molecular weight is 112 g/mol. The van der Waals surface area contributed by atoms with Crippen molar-refractivity contribution >= 4 is 5.78 Å². The molecule has 8 heavy (non-hydrogen) atoms. The van der Waals surface area contributed by atoms with Gasteiger partial charge in [0.05, 0.1) is 0 Å². The molecule has 1 aliphatic rings. The summed E-state index contributed by atoms with van der Waals surface area (Å²) in [6, 6.07) is 0. The number of carbonyl (C=O) groups is 1. The molecular formula is C7H12O. The van der Waals surface area contributed by atoms with E-state index in [1.807, 2.05) is 0 Å². The first-order chi connectivity index (χ1) is 3.79. The standard InChI is InChI=1S/C7H12O/c1-6-3-2-4-7(8)5-6/h6H,2-5H2,1H3/t6-/m1/s1. The molecule has 0 aliphatic heterocycles. The van der Waals surface area contributed by atoms with Crippen molar-refractivity contribution in [1.82, 2.24) is 0 Å². The first-order valence-electron chi connectivity index (χ1n) is 3.31. The van der Waals surface area contributed by atoms with Crippen LogP contribution in [0.1, 0.15) is 32.6 Å². The summed E-state index contributed by atoms with van der Waals surface area (Å²) in [7, 11) is 0. The number of carbonyl (C=O) groups excluding carboxylic acids is 1. The lowest BCUT2D eigenvalue weighted by Crippen LogP contribution is -2.11. The predicted octanol–water partition coefficient (Wildman–Crippen LogP) is 1.77. The molecule has 0 saturated heterocycles. The zero-order chi connectivity index (χ0) is 5.98. The topological polar surface area (TPSA) is 17.1 Å². The number of ketones is 1. The second-order valence-electron chi connectivity index (χ2n) is 2.74. The van der Waals surface area contributed by atoms with E-state index in [2.05, 4.69) is 6.92 Å². The fourth-order valence-electron chi connectivity index (χ4n) is 1.24. The van der Waals surface area contributed by atoms with E-state index in [1.54, 1.807) is 0 Å². The van der Waals surface area contributed by atoms with Gasteiger partial charge in [-0.3, -0.25) is 4.79 Å². The summed E-state index contributed by atoms with van der Waals surface area (Å²) in [6.07, 6.45) is 4.05. The predicted molar refractivity (Wildman–Crippen MR) is 32.6 cm³/mol. The molecule has 0 N–H and O–H groups in total. The van der Waals surface area contributed by atoms with Crippen LogP contribution in [0.5, 0.6) is 0 Å². The Labute approximate surface area is 50.1 Å². The van der Waals surface area contributed by atoms with Crippen molar-refractivity contribution in [2.45, 2.75) is 32.6 Å². The van der Waals surface area contributed by atoms with Crippen LogP contribution in [0.2, 0.25) is 0 Å². The van der Waals surface area contributed by atoms with E-state index in [-0.39, 0.29) is 0 Å². The molecule has 0 aromatic heterocycles. The number of hydrogen-bond acceptors (Lipinski definition) is 1. The third kappa shape index (κ3) is 1.32. The molecule has 1 nitrogen and oxygen atoms in total. The Morgan fingerprint density at radius 3 is 2.75 bits per heavy atom. The van der Waals surface area contributed by atoms with Gasteiger partial charge in [0, 0.05) is 12.8 Å². The molecule has 0 spiro atoms. The zero-order valence-electron chi connectivity index (χ0n) is 5.31. The van der Waals surface area contributed by atoms with Crippen LogP contribution in [0.25, 0.3) is 0 Å². The largest absolute Gasteiger partial charge is 0.300 e. The Hall–Kier alpha value is -0.330. The SMILES string of the molecule is C[C@@H]1CCCC(=O)C1. The summed E-state index contributed by atoms with van der Waals surface area (Å²) >= 11 is 0. The number of rotatable bonds is 0. The van der Waals surface area contributed by atoms with Crippen LogP contribution >= 0.6 is 0 Å². The van der Waals surface area contributed by atoms with Gasteiger partial charge in [0.15, 0.2) is 0 Å². The van der Waals surface area contributed by atoms with Crippen molar-refractivity contribution in [3.63, 3.8) is 0 Å². The molecule has 1 saturated carbocycles. The first-order valence-corrected chi connectivity index (χ1v) is 3.31. The maximum Gasteiger partial charge on any atom is 0.133 e. The Morgan fingerprint density at radius 2 is 2.38 bits per heavy atom. The second kappa shape index (κ2) is 2.29. The quantitative estimate of drug-likeness (QED) is 0.466. The molecule has 0 amide bonds. The highest BCUT2D eigenvalue weighted by atomic mass is 16.1. The summed E-state index contributed by atoms with van der Waals surface area (Å²) < 4.78 is 0. The Balaban J connectivity index is 2.34. The highest BCUT2D eigenvalue weighted by molar-refractivity contribution is 5.79. The lowest BCUT2D eigenvalue weighted by atomic mass is 9.90. The monoisotopic (exact) mass is 112 g/mol. The molecule has 0 bridgehead atoms. The Morgan fingerprint density at radius 1 is 1.62 bits per heavy atom. The van der Waals surface area contributed by atoms with Crippen molar-refractivity contribution in [3.8, 4) is 0 Å². The molecular weight excluding hydrogens is 100 g/mol. The van der Waals surface area contributed by atoms with Crippen molar-refractivity contribution < 1.29 is 4.79 Å². The zero-order valence-corrected chi connectivity index (χ0v) is 5.31. The van der Waals surface area contributed by atoms with Gasteiger partial charge in [0.1, 0.15) is 5.78 Å². The van der Waals surface area contributed by atoms with E-state index in [0.29, 0.717) is 11.7 Å². The van der Waals surface area contributed by atoms with E-state index < -0.39 is 0 Å². The van der Waals surface area contributed by atoms with Gasteiger partial charge in [-0.2, -0.15) is 0 Å². The Bertz CT molecular complexity index is 96.6. The van der Waals surface area contributed by atoms with Crippen LogP contribution in [0.15, 0.2) is 0 Å². The Kier molecular flexibility index (Phi) is 1.66. The van der Waals surface area contributed by atoms with E-state index in [4.69, 9.17) is 0 Å². The number of hydrogen-bond donors (Lipinski definition) is 0. The lowest BCUT2D eigenvalue weighted by Gasteiger charge is -2.14. The molecule has 0 unspecified atom stereocenters. The smallest absolute Gasteiger partial charge is 0.133 e. The van der Waals surface area contributed by atoms with Gasteiger partial charge >= 0.3 is 0 Å². The van der Waals surface area contributed by atoms with Crippen LogP contribution in [-0.2, 0) is 4.79 Å². The van der Waals surface area contributed by atoms with Crippen LogP contribution in [0.4, 0.5) is 0 Å². The summed E-state index contributed by atoms with van der Waals surface area (Å²) in [5.41, 5.74) is 0. The van der Waals surface area contributed by atoms with Gasteiger partial charge in [0.25, 0.3) is 0 Å². The summed E-state index contributed by atoms with van der Waals surface area (Å²) in [4.78, 5) is 10.7. The average Bonchev–Trinajstić information content (AvgIpc) is 1.64. The summed E-state index contributed by atoms with van der Waals surface area (Å²) in [6.45, 7) is 2.15.